The van der Waals surface area contributed by atoms with Gasteiger partial charge in [0.15, 0.2) is 0 Å². The van der Waals surface area contributed by atoms with Gasteiger partial charge in [0.1, 0.15) is 0 Å². The fourth-order valence-corrected chi connectivity index (χ4v) is 4.34. The Bertz CT molecular complexity index is 271. The van der Waals surface area contributed by atoms with Gasteiger partial charge in [-0.2, -0.15) is 0 Å². The maximum atomic E-state index is 10.2. The Morgan fingerprint density at radius 1 is 0.941 bits per heavy atom. The molecule has 3 N–H and O–H groups in total. The molecule has 0 aromatic carbocycles. The topological polar surface area (TPSA) is 49.5 Å². The van der Waals surface area contributed by atoms with Crippen LogP contribution in [-0.4, -0.2) is 41.3 Å². The molecule has 2 aliphatic carbocycles. The van der Waals surface area contributed by atoms with Gasteiger partial charge >= 0.3 is 0 Å². The van der Waals surface area contributed by atoms with Crippen molar-refractivity contribution in [1.29, 1.82) is 0 Å². The molecule has 3 aliphatic rings. The lowest BCUT2D eigenvalue weighted by Crippen LogP contribution is -2.45. The average molecular weight is 238 g/mol. The summed E-state index contributed by atoms with van der Waals surface area (Å²) in [7, 11) is 0. The number of nitrogens with two attached hydrogens (primary N) is 1. The summed E-state index contributed by atoms with van der Waals surface area (Å²) < 4.78 is 0. The van der Waals surface area contributed by atoms with Crippen molar-refractivity contribution in [3.8, 4) is 0 Å². The van der Waals surface area contributed by atoms with Crippen molar-refractivity contribution in [2.24, 2.45) is 17.6 Å². The fourth-order valence-electron chi connectivity index (χ4n) is 4.34. The monoisotopic (exact) mass is 238 g/mol. The van der Waals surface area contributed by atoms with E-state index in [0.29, 0.717) is 18.0 Å². The van der Waals surface area contributed by atoms with Crippen molar-refractivity contribution in [3.05, 3.63) is 0 Å². The largest absolute Gasteiger partial charge is 0.391 e. The first-order valence-corrected chi connectivity index (χ1v) is 7.43. The normalized spacial score (nSPS) is 48.0. The van der Waals surface area contributed by atoms with E-state index in [1.807, 2.05) is 0 Å². The van der Waals surface area contributed by atoms with Crippen molar-refractivity contribution in [2.45, 2.75) is 63.1 Å². The Labute approximate surface area is 104 Å². The van der Waals surface area contributed by atoms with Gasteiger partial charge in [0.05, 0.1) is 6.10 Å². The fraction of sp³-hybridized carbons (Fsp3) is 1.00. The summed E-state index contributed by atoms with van der Waals surface area (Å²) in [4.78, 5) is 2.56. The van der Waals surface area contributed by atoms with Gasteiger partial charge in [-0.3, -0.25) is 4.90 Å². The minimum absolute atomic E-state index is 0.0832. The predicted molar refractivity (Wildman–Crippen MR) is 68.6 cm³/mol. The molecule has 5 atom stereocenters. The van der Waals surface area contributed by atoms with E-state index >= 15 is 0 Å². The Kier molecular flexibility index (Phi) is 3.42. The Morgan fingerprint density at radius 2 is 1.76 bits per heavy atom. The van der Waals surface area contributed by atoms with Gasteiger partial charge in [0.25, 0.3) is 0 Å². The molecule has 0 aromatic rings. The van der Waals surface area contributed by atoms with Gasteiger partial charge in [-0.15, -0.1) is 0 Å². The van der Waals surface area contributed by atoms with Crippen LogP contribution in [0.3, 0.4) is 0 Å². The highest BCUT2D eigenvalue weighted by Crippen LogP contribution is 2.38. The molecule has 98 valence electrons. The first-order chi connectivity index (χ1) is 8.25. The summed E-state index contributed by atoms with van der Waals surface area (Å²) >= 11 is 0. The maximum absolute atomic E-state index is 10.2. The standard InChI is InChI=1S/C14H26N2O/c15-12-5-3-4-10-8-16(9-11(10)12)13-6-1-2-7-14(13)17/h10-14,17H,1-9,15H2. The highest BCUT2D eigenvalue weighted by Gasteiger charge is 2.42. The van der Waals surface area contributed by atoms with E-state index in [4.69, 9.17) is 5.73 Å². The van der Waals surface area contributed by atoms with E-state index in [0.717, 1.165) is 18.9 Å². The quantitative estimate of drug-likeness (QED) is 0.725. The van der Waals surface area contributed by atoms with Crippen LogP contribution >= 0.6 is 0 Å². The summed E-state index contributed by atoms with van der Waals surface area (Å²) in [5, 5.41) is 10.2. The second-order valence-electron chi connectivity index (χ2n) is 6.39. The van der Waals surface area contributed by atoms with E-state index in [-0.39, 0.29) is 6.10 Å². The number of likely N-dealkylation sites (tertiary alicyclic amines) is 1. The van der Waals surface area contributed by atoms with Crippen LogP contribution in [0.5, 0.6) is 0 Å². The molecule has 0 radical (unpaired) electrons. The molecule has 0 bridgehead atoms. The molecule has 1 aliphatic heterocycles. The minimum atomic E-state index is -0.0832. The molecule has 5 unspecified atom stereocenters. The third-order valence-corrected chi connectivity index (χ3v) is 5.35. The average Bonchev–Trinajstić information content (AvgIpc) is 2.75. The smallest absolute Gasteiger partial charge is 0.0695 e. The van der Waals surface area contributed by atoms with Crippen molar-refractivity contribution in [2.75, 3.05) is 13.1 Å². The van der Waals surface area contributed by atoms with E-state index in [1.165, 1.54) is 45.1 Å². The summed E-state index contributed by atoms with van der Waals surface area (Å²) in [6, 6.07) is 0.848. The molecule has 3 fully saturated rings. The van der Waals surface area contributed by atoms with Gasteiger partial charge < -0.3 is 10.8 Å². The van der Waals surface area contributed by atoms with Crippen LogP contribution in [0.25, 0.3) is 0 Å². The first kappa shape index (κ1) is 11.9. The van der Waals surface area contributed by atoms with E-state index in [2.05, 4.69) is 4.90 Å². The summed E-state index contributed by atoms with van der Waals surface area (Å²) in [5.41, 5.74) is 6.26. The van der Waals surface area contributed by atoms with Gasteiger partial charge in [-0.25, -0.2) is 0 Å². The summed E-state index contributed by atoms with van der Waals surface area (Å²) in [5.74, 6) is 1.52. The van der Waals surface area contributed by atoms with Crippen LogP contribution in [-0.2, 0) is 0 Å². The lowest BCUT2D eigenvalue weighted by Gasteiger charge is -2.35. The minimum Gasteiger partial charge on any atom is -0.391 e. The van der Waals surface area contributed by atoms with Crippen LogP contribution in [0.2, 0.25) is 0 Å². The zero-order chi connectivity index (χ0) is 11.8. The summed E-state index contributed by atoms with van der Waals surface area (Å²) in [6.45, 7) is 2.34. The van der Waals surface area contributed by atoms with Gasteiger partial charge in [0, 0.05) is 25.2 Å². The number of hydrogen-bond acceptors (Lipinski definition) is 3. The van der Waals surface area contributed by atoms with E-state index in [1.54, 1.807) is 0 Å². The lowest BCUT2D eigenvalue weighted by atomic mass is 9.78. The third kappa shape index (κ3) is 2.25. The molecule has 3 nitrogen and oxygen atoms in total. The number of rotatable bonds is 1. The molecule has 1 saturated heterocycles. The molecule has 2 saturated carbocycles. The van der Waals surface area contributed by atoms with E-state index in [9.17, 15) is 5.11 Å². The van der Waals surface area contributed by atoms with E-state index < -0.39 is 0 Å². The molecule has 0 amide bonds. The lowest BCUT2D eigenvalue weighted by molar-refractivity contribution is 0.0282. The molecule has 0 aromatic heterocycles. The zero-order valence-electron chi connectivity index (χ0n) is 10.7. The number of hydrogen-bond donors (Lipinski definition) is 2. The first-order valence-electron chi connectivity index (χ1n) is 7.43. The second kappa shape index (κ2) is 4.87. The van der Waals surface area contributed by atoms with Crippen molar-refractivity contribution >= 4 is 0 Å². The van der Waals surface area contributed by atoms with Gasteiger partial charge in [0.2, 0.25) is 0 Å². The van der Waals surface area contributed by atoms with Crippen LogP contribution in [0.1, 0.15) is 44.9 Å². The van der Waals surface area contributed by atoms with Crippen LogP contribution in [0.15, 0.2) is 0 Å². The second-order valence-corrected chi connectivity index (χ2v) is 6.39. The summed E-state index contributed by atoms with van der Waals surface area (Å²) in [6.07, 6.45) is 8.49. The van der Waals surface area contributed by atoms with Crippen LogP contribution in [0.4, 0.5) is 0 Å². The van der Waals surface area contributed by atoms with Crippen LogP contribution < -0.4 is 5.73 Å². The van der Waals surface area contributed by atoms with Gasteiger partial charge in [-0.05, 0) is 37.5 Å². The highest BCUT2D eigenvalue weighted by molar-refractivity contribution is 4.97. The maximum Gasteiger partial charge on any atom is 0.0695 e. The zero-order valence-corrected chi connectivity index (χ0v) is 10.7. The van der Waals surface area contributed by atoms with Crippen molar-refractivity contribution in [1.82, 2.24) is 4.90 Å². The third-order valence-electron chi connectivity index (χ3n) is 5.35. The van der Waals surface area contributed by atoms with Crippen molar-refractivity contribution < 1.29 is 5.11 Å². The predicted octanol–water partition coefficient (Wildman–Crippen LogP) is 1.35. The van der Waals surface area contributed by atoms with Gasteiger partial charge in [-0.1, -0.05) is 19.3 Å². The molecule has 17 heavy (non-hydrogen) atoms. The number of fused-ring (bicyclic) bond motifs is 1. The molecular weight excluding hydrogens is 212 g/mol. The number of aliphatic hydroxyl groups excluding tert-OH is 1. The molecule has 1 heterocycles. The Balaban J connectivity index is 1.65. The Morgan fingerprint density at radius 3 is 2.53 bits per heavy atom. The Hall–Kier alpha value is -0.120. The molecule has 3 rings (SSSR count). The molecular formula is C14H26N2O. The number of nitrogens with zero attached hydrogens (tertiary/aromatic N) is 1. The highest BCUT2D eigenvalue weighted by atomic mass is 16.3. The van der Waals surface area contributed by atoms with Crippen molar-refractivity contribution in [3.63, 3.8) is 0 Å². The molecule has 3 heteroatoms. The van der Waals surface area contributed by atoms with Crippen LogP contribution in [0, 0.1) is 11.8 Å². The number of aliphatic hydroxyl groups is 1. The molecule has 0 spiro atoms. The SMILES string of the molecule is NC1CCCC2CN(C3CCCCC3O)CC12.